The molecule has 0 spiro atoms. The summed E-state index contributed by atoms with van der Waals surface area (Å²) in [6.07, 6.45) is 0. The summed E-state index contributed by atoms with van der Waals surface area (Å²) < 4.78 is 15.5. The molecule has 2 aromatic rings. The van der Waals surface area contributed by atoms with Crippen molar-refractivity contribution < 1.29 is 4.39 Å². The van der Waals surface area contributed by atoms with Gasteiger partial charge in [0.1, 0.15) is 16.5 Å². The summed E-state index contributed by atoms with van der Waals surface area (Å²) in [6.45, 7) is 7.22. The van der Waals surface area contributed by atoms with E-state index >= 15 is 0 Å². The molecule has 5 heteroatoms. The molecule has 0 aliphatic rings. The Hall–Kier alpha value is -2.03. The summed E-state index contributed by atoms with van der Waals surface area (Å²) in [6, 6.07) is 8.69. The lowest BCUT2D eigenvalue weighted by atomic mass is 10.0. The minimum absolute atomic E-state index is 0.234. The SMILES string of the molecule is Cc1c(C)c(C)n(CN(C)Cc2ccc(F)cc2)c(=S)c1C#N. The lowest BCUT2D eigenvalue weighted by Gasteiger charge is -2.23. The minimum Gasteiger partial charge on any atom is -0.322 e. The normalized spacial score (nSPS) is 10.8. The van der Waals surface area contributed by atoms with Crippen LogP contribution in [0.25, 0.3) is 0 Å². The van der Waals surface area contributed by atoms with Crippen LogP contribution in [-0.2, 0) is 13.2 Å². The molecule has 0 bridgehead atoms. The zero-order valence-electron chi connectivity index (χ0n) is 13.9. The quantitative estimate of drug-likeness (QED) is 0.786. The van der Waals surface area contributed by atoms with Gasteiger partial charge in [-0.05, 0) is 56.6 Å². The van der Waals surface area contributed by atoms with Crippen LogP contribution in [0.3, 0.4) is 0 Å². The van der Waals surface area contributed by atoms with Crippen molar-refractivity contribution in [3.8, 4) is 6.07 Å². The van der Waals surface area contributed by atoms with Gasteiger partial charge in [-0.3, -0.25) is 4.90 Å². The Morgan fingerprint density at radius 2 is 1.78 bits per heavy atom. The molecule has 120 valence electrons. The topological polar surface area (TPSA) is 32.0 Å². The van der Waals surface area contributed by atoms with E-state index in [-0.39, 0.29) is 5.82 Å². The maximum Gasteiger partial charge on any atom is 0.125 e. The van der Waals surface area contributed by atoms with Crippen LogP contribution in [0.15, 0.2) is 24.3 Å². The van der Waals surface area contributed by atoms with Crippen LogP contribution in [0, 0.1) is 42.6 Å². The van der Waals surface area contributed by atoms with Crippen molar-refractivity contribution >= 4 is 12.2 Å². The fraction of sp³-hybridized carbons (Fsp3) is 0.333. The molecule has 1 aromatic heterocycles. The number of halogens is 1. The fourth-order valence-electron chi connectivity index (χ4n) is 2.60. The van der Waals surface area contributed by atoms with Gasteiger partial charge in [0.2, 0.25) is 0 Å². The highest BCUT2D eigenvalue weighted by Crippen LogP contribution is 2.19. The van der Waals surface area contributed by atoms with E-state index in [1.54, 1.807) is 12.1 Å². The third-order valence-electron chi connectivity index (χ3n) is 4.20. The van der Waals surface area contributed by atoms with E-state index in [4.69, 9.17) is 12.2 Å². The first kappa shape index (κ1) is 17.3. The minimum atomic E-state index is -0.234. The van der Waals surface area contributed by atoms with Crippen LogP contribution in [0.1, 0.15) is 27.9 Å². The van der Waals surface area contributed by atoms with Gasteiger partial charge in [0.05, 0.1) is 12.2 Å². The molecule has 0 aliphatic carbocycles. The Kier molecular flexibility index (Phi) is 5.30. The zero-order valence-corrected chi connectivity index (χ0v) is 14.7. The highest BCUT2D eigenvalue weighted by molar-refractivity contribution is 7.71. The Balaban J connectivity index is 2.29. The van der Waals surface area contributed by atoms with Gasteiger partial charge in [-0.1, -0.05) is 24.4 Å². The molecule has 1 heterocycles. The molecule has 0 aliphatic heterocycles. The van der Waals surface area contributed by atoms with Gasteiger partial charge < -0.3 is 4.57 Å². The zero-order chi connectivity index (χ0) is 17.1. The second kappa shape index (κ2) is 7.03. The lowest BCUT2D eigenvalue weighted by molar-refractivity contribution is 0.255. The number of benzene rings is 1. The predicted octanol–water partition coefficient (Wildman–Crippen LogP) is 4.24. The first-order valence-corrected chi connectivity index (χ1v) is 7.79. The van der Waals surface area contributed by atoms with Crippen LogP contribution in [0.5, 0.6) is 0 Å². The van der Waals surface area contributed by atoms with Crippen molar-refractivity contribution in [1.29, 1.82) is 5.26 Å². The van der Waals surface area contributed by atoms with Gasteiger partial charge >= 0.3 is 0 Å². The smallest absolute Gasteiger partial charge is 0.125 e. The van der Waals surface area contributed by atoms with Crippen LogP contribution in [-0.4, -0.2) is 16.5 Å². The maximum absolute atomic E-state index is 13.0. The van der Waals surface area contributed by atoms with E-state index in [1.165, 1.54) is 12.1 Å². The van der Waals surface area contributed by atoms with Crippen molar-refractivity contribution in [2.24, 2.45) is 0 Å². The molecule has 0 atom stereocenters. The molecule has 3 nitrogen and oxygen atoms in total. The highest BCUT2D eigenvalue weighted by Gasteiger charge is 2.13. The highest BCUT2D eigenvalue weighted by atomic mass is 32.1. The fourth-order valence-corrected chi connectivity index (χ4v) is 3.00. The summed E-state index contributed by atoms with van der Waals surface area (Å²) in [4.78, 5) is 2.09. The molecule has 0 saturated heterocycles. The Bertz CT molecular complexity index is 816. The average Bonchev–Trinajstić information content (AvgIpc) is 2.52. The second-order valence-electron chi connectivity index (χ2n) is 5.84. The Morgan fingerprint density at radius 1 is 1.17 bits per heavy atom. The second-order valence-corrected chi connectivity index (χ2v) is 6.22. The van der Waals surface area contributed by atoms with Gasteiger partial charge in [-0.25, -0.2) is 4.39 Å². The van der Waals surface area contributed by atoms with Gasteiger partial charge in [-0.2, -0.15) is 5.26 Å². The van der Waals surface area contributed by atoms with Gasteiger partial charge in [0, 0.05) is 12.2 Å². The van der Waals surface area contributed by atoms with Gasteiger partial charge in [0.25, 0.3) is 0 Å². The molecule has 0 unspecified atom stereocenters. The molecule has 0 amide bonds. The molecular weight excluding hydrogens is 309 g/mol. The van der Waals surface area contributed by atoms with Gasteiger partial charge in [-0.15, -0.1) is 0 Å². The van der Waals surface area contributed by atoms with Crippen molar-refractivity contribution in [3.05, 3.63) is 62.7 Å². The standard InChI is InChI=1S/C18H20FN3S/c1-12-13(2)17(9-20)18(23)22(14(12)3)11-21(4)10-15-5-7-16(19)8-6-15/h5-8H,10-11H2,1-4H3. The lowest BCUT2D eigenvalue weighted by Crippen LogP contribution is -2.24. The molecule has 23 heavy (non-hydrogen) atoms. The summed E-state index contributed by atoms with van der Waals surface area (Å²) in [5, 5.41) is 9.36. The first-order chi connectivity index (χ1) is 10.8. The number of aromatic nitrogens is 1. The number of hydrogen-bond donors (Lipinski definition) is 0. The molecule has 0 fully saturated rings. The predicted molar refractivity (Wildman–Crippen MR) is 92.1 cm³/mol. The number of rotatable bonds is 4. The summed E-state index contributed by atoms with van der Waals surface area (Å²) in [7, 11) is 1.98. The first-order valence-electron chi connectivity index (χ1n) is 7.38. The summed E-state index contributed by atoms with van der Waals surface area (Å²) >= 11 is 5.49. The number of nitriles is 1. The van der Waals surface area contributed by atoms with Crippen molar-refractivity contribution in [2.75, 3.05) is 7.05 Å². The third kappa shape index (κ3) is 3.66. The Morgan fingerprint density at radius 3 is 2.35 bits per heavy atom. The average molecular weight is 329 g/mol. The van der Waals surface area contributed by atoms with Crippen LogP contribution < -0.4 is 0 Å². The van der Waals surface area contributed by atoms with Crippen molar-refractivity contribution in [1.82, 2.24) is 9.47 Å². The van der Waals surface area contributed by atoms with E-state index in [0.717, 1.165) is 22.4 Å². The molecule has 0 N–H and O–H groups in total. The molecule has 0 saturated carbocycles. The molecule has 1 aromatic carbocycles. The largest absolute Gasteiger partial charge is 0.322 e. The monoisotopic (exact) mass is 329 g/mol. The van der Waals surface area contributed by atoms with Crippen LogP contribution in [0.4, 0.5) is 4.39 Å². The third-order valence-corrected chi connectivity index (χ3v) is 4.63. The number of pyridine rings is 1. The van der Waals surface area contributed by atoms with E-state index in [9.17, 15) is 9.65 Å². The molecule has 2 rings (SSSR count). The van der Waals surface area contributed by atoms with E-state index in [0.29, 0.717) is 23.4 Å². The van der Waals surface area contributed by atoms with E-state index < -0.39 is 0 Å². The summed E-state index contributed by atoms with van der Waals surface area (Å²) in [5.74, 6) is -0.234. The van der Waals surface area contributed by atoms with E-state index in [1.807, 2.05) is 32.4 Å². The molecular formula is C18H20FN3S. The number of hydrogen-bond acceptors (Lipinski definition) is 3. The summed E-state index contributed by atoms with van der Waals surface area (Å²) in [5.41, 5.74) is 4.70. The van der Waals surface area contributed by atoms with E-state index in [2.05, 4.69) is 11.0 Å². The Labute approximate surface area is 141 Å². The molecule has 0 radical (unpaired) electrons. The van der Waals surface area contributed by atoms with Crippen molar-refractivity contribution in [2.45, 2.75) is 34.0 Å². The van der Waals surface area contributed by atoms with Gasteiger partial charge in [0.15, 0.2) is 0 Å². The van der Waals surface area contributed by atoms with Crippen molar-refractivity contribution in [3.63, 3.8) is 0 Å². The maximum atomic E-state index is 13.0. The van der Waals surface area contributed by atoms with Crippen LogP contribution >= 0.6 is 12.2 Å². The van der Waals surface area contributed by atoms with Crippen LogP contribution in [0.2, 0.25) is 0 Å². The number of nitrogens with zero attached hydrogens (tertiary/aromatic N) is 3.